The van der Waals surface area contributed by atoms with E-state index in [1.165, 1.54) is 7.05 Å². The molecule has 8 nitrogen and oxygen atoms in total. The Morgan fingerprint density at radius 1 is 1.05 bits per heavy atom. The summed E-state index contributed by atoms with van der Waals surface area (Å²) in [4.78, 5) is 37.0. The first-order valence-corrected chi connectivity index (χ1v) is 12.8. The fourth-order valence-corrected chi connectivity index (χ4v) is 4.56. The Hall–Kier alpha value is -4.23. The van der Waals surface area contributed by atoms with Crippen molar-refractivity contribution >= 4 is 28.8 Å². The number of carboxylic acids is 1. The normalized spacial score (nSPS) is 15.5. The Labute approximate surface area is 237 Å². The summed E-state index contributed by atoms with van der Waals surface area (Å²) in [6.07, 6.45) is -8.64. The summed E-state index contributed by atoms with van der Waals surface area (Å²) in [6.45, 7) is 2.81. The predicted octanol–water partition coefficient (Wildman–Crippen LogP) is 5.53. The number of likely N-dealkylation sites (N-methyl/N-ethyl adjacent to an activating group) is 1. The van der Waals surface area contributed by atoms with E-state index >= 15 is 0 Å². The van der Waals surface area contributed by atoms with Gasteiger partial charge in [-0.05, 0) is 49.6 Å². The molecule has 228 valence electrons. The van der Waals surface area contributed by atoms with Gasteiger partial charge in [-0.25, -0.2) is 4.79 Å². The number of urea groups is 1. The van der Waals surface area contributed by atoms with Crippen LogP contribution in [0, 0.1) is 0 Å². The number of aliphatic carboxylic acids is 1. The van der Waals surface area contributed by atoms with Crippen LogP contribution in [0.15, 0.2) is 48.7 Å². The number of benzene rings is 2. The van der Waals surface area contributed by atoms with E-state index in [2.05, 4.69) is 0 Å². The number of hydrogen-bond acceptors (Lipinski definition) is 3. The van der Waals surface area contributed by atoms with Crippen LogP contribution in [0.5, 0.6) is 0 Å². The summed E-state index contributed by atoms with van der Waals surface area (Å²) in [5.74, 6) is -2.22. The van der Waals surface area contributed by atoms with Gasteiger partial charge in [-0.3, -0.25) is 9.59 Å². The summed E-state index contributed by atoms with van der Waals surface area (Å²) >= 11 is 0. The van der Waals surface area contributed by atoms with E-state index in [0.29, 0.717) is 18.2 Å². The lowest BCUT2D eigenvalue weighted by molar-refractivity contribution is -0.143. The number of halogens is 6. The van der Waals surface area contributed by atoms with E-state index in [9.17, 15) is 40.7 Å². The average molecular weight is 601 g/mol. The molecular formula is C28H30F6N4O4. The molecule has 3 aromatic rings. The smallest absolute Gasteiger partial charge is 0.416 e. The minimum absolute atomic E-state index is 0.0468. The van der Waals surface area contributed by atoms with Crippen molar-refractivity contribution in [3.63, 3.8) is 0 Å². The van der Waals surface area contributed by atoms with Gasteiger partial charge in [-0.1, -0.05) is 18.2 Å². The number of aromatic nitrogens is 1. The third-order valence-corrected chi connectivity index (χ3v) is 6.97. The molecule has 2 atom stereocenters. The molecule has 1 saturated heterocycles. The van der Waals surface area contributed by atoms with Crippen molar-refractivity contribution in [2.75, 3.05) is 13.6 Å². The SMILES string of the molecule is CC1CN1C(N)=O.CN(C(=O)c1cc(C(F)(F)F)cc(C(F)(F)F)c1)C(CCC(=O)O)Cc1cn(C)c2ccccc12. The van der Waals surface area contributed by atoms with Crippen LogP contribution >= 0.6 is 0 Å². The van der Waals surface area contributed by atoms with Gasteiger partial charge in [0.1, 0.15) is 0 Å². The van der Waals surface area contributed by atoms with Crippen LogP contribution in [0.4, 0.5) is 31.1 Å². The third kappa shape index (κ3) is 7.95. The van der Waals surface area contributed by atoms with Crippen LogP contribution in [0.3, 0.4) is 0 Å². The van der Waals surface area contributed by atoms with Gasteiger partial charge in [0.2, 0.25) is 0 Å². The van der Waals surface area contributed by atoms with Crippen molar-refractivity contribution in [1.82, 2.24) is 14.4 Å². The maximum atomic E-state index is 13.2. The first-order valence-electron chi connectivity index (χ1n) is 12.8. The zero-order valence-electron chi connectivity index (χ0n) is 23.0. The number of hydrogen-bond donors (Lipinski definition) is 2. The maximum absolute atomic E-state index is 13.2. The highest BCUT2D eigenvalue weighted by Crippen LogP contribution is 2.37. The minimum atomic E-state index is -5.10. The molecule has 1 aromatic heterocycles. The molecule has 1 aliphatic heterocycles. The van der Waals surface area contributed by atoms with Gasteiger partial charge in [0.15, 0.2) is 0 Å². The fourth-order valence-electron chi connectivity index (χ4n) is 4.56. The molecule has 3 N–H and O–H groups in total. The van der Waals surface area contributed by atoms with E-state index in [1.807, 2.05) is 29.7 Å². The Morgan fingerprint density at radius 3 is 2.05 bits per heavy atom. The average Bonchev–Trinajstić information content (AvgIpc) is 3.57. The molecule has 1 fully saturated rings. The van der Waals surface area contributed by atoms with E-state index in [0.717, 1.165) is 27.9 Å². The van der Waals surface area contributed by atoms with Crippen molar-refractivity contribution in [1.29, 1.82) is 0 Å². The highest BCUT2D eigenvalue weighted by molar-refractivity contribution is 5.95. The van der Waals surface area contributed by atoms with Crippen LogP contribution in [-0.2, 0) is 30.6 Å². The summed E-state index contributed by atoms with van der Waals surface area (Å²) in [5.41, 5.74) is 2.53. The number of carbonyl (C=O) groups excluding carboxylic acids is 2. The predicted molar refractivity (Wildman–Crippen MR) is 142 cm³/mol. The van der Waals surface area contributed by atoms with E-state index in [-0.39, 0.29) is 31.4 Å². The first kappa shape index (κ1) is 32.3. The number of carbonyl (C=O) groups is 3. The zero-order valence-corrected chi connectivity index (χ0v) is 23.0. The van der Waals surface area contributed by atoms with Gasteiger partial charge < -0.3 is 25.2 Å². The molecule has 4 rings (SSSR count). The molecule has 2 unspecified atom stereocenters. The molecule has 3 amide bonds. The largest absolute Gasteiger partial charge is 0.481 e. The molecule has 2 heterocycles. The second-order valence-corrected chi connectivity index (χ2v) is 10.1. The molecule has 0 saturated carbocycles. The lowest BCUT2D eigenvalue weighted by Gasteiger charge is -2.28. The molecule has 0 aliphatic carbocycles. The standard InChI is InChI=1S/C24H22F6N2O3.C4H8N2O/c1-31-13-15(19-5-3-4-6-20(19)31)11-18(7-8-21(33)34)32(2)22(35)14-9-16(23(25,26)27)12-17(10-14)24(28,29)30;1-3-2-6(3)4(5)7/h3-6,9-10,12-13,18H,7-8,11H2,1-2H3,(H,33,34);3H,2H2,1H3,(H2,5,7). The summed E-state index contributed by atoms with van der Waals surface area (Å²) < 4.78 is 81.3. The van der Waals surface area contributed by atoms with Crippen molar-refractivity contribution in [2.45, 2.75) is 50.6 Å². The number of primary amides is 1. The molecule has 2 aromatic carbocycles. The molecule has 0 bridgehead atoms. The summed E-state index contributed by atoms with van der Waals surface area (Å²) in [7, 11) is 3.04. The third-order valence-electron chi connectivity index (χ3n) is 6.97. The highest BCUT2D eigenvalue weighted by Gasteiger charge is 2.38. The Bertz CT molecular complexity index is 1430. The van der Waals surface area contributed by atoms with Crippen LogP contribution < -0.4 is 5.73 Å². The second-order valence-electron chi connectivity index (χ2n) is 10.1. The number of alkyl halides is 6. The van der Waals surface area contributed by atoms with Crippen molar-refractivity contribution in [3.05, 3.63) is 70.9 Å². The number of carboxylic acid groups (broad SMARTS) is 1. The van der Waals surface area contributed by atoms with Crippen molar-refractivity contribution in [2.24, 2.45) is 12.8 Å². The number of rotatable bonds is 7. The Balaban J connectivity index is 0.000000603. The fraction of sp³-hybridized carbons (Fsp3) is 0.393. The first-order chi connectivity index (χ1) is 19.4. The van der Waals surface area contributed by atoms with E-state index in [4.69, 9.17) is 10.8 Å². The van der Waals surface area contributed by atoms with Crippen molar-refractivity contribution in [3.8, 4) is 0 Å². The second kappa shape index (κ2) is 12.3. The topological polar surface area (TPSA) is 109 Å². The number of nitrogens with two attached hydrogens (primary N) is 1. The molecule has 1 aliphatic rings. The molecule has 0 radical (unpaired) electrons. The Kier molecular flexibility index (Phi) is 9.48. The monoisotopic (exact) mass is 600 g/mol. The molecule has 0 spiro atoms. The van der Waals surface area contributed by atoms with Gasteiger partial charge in [0.25, 0.3) is 5.91 Å². The van der Waals surface area contributed by atoms with Crippen LogP contribution in [0.25, 0.3) is 10.9 Å². The lowest BCUT2D eigenvalue weighted by Crippen LogP contribution is -2.39. The number of para-hydroxylation sites is 1. The van der Waals surface area contributed by atoms with Gasteiger partial charge in [-0.2, -0.15) is 26.3 Å². The number of aryl methyl sites for hydroxylation is 1. The highest BCUT2D eigenvalue weighted by atomic mass is 19.4. The maximum Gasteiger partial charge on any atom is 0.416 e. The molecular weight excluding hydrogens is 570 g/mol. The molecule has 14 heteroatoms. The van der Waals surface area contributed by atoms with Gasteiger partial charge >= 0.3 is 24.4 Å². The number of nitrogens with zero attached hydrogens (tertiary/aromatic N) is 3. The quantitative estimate of drug-likeness (QED) is 0.275. The van der Waals surface area contributed by atoms with E-state index in [1.54, 1.807) is 24.2 Å². The number of fused-ring (bicyclic) bond motifs is 1. The summed E-state index contributed by atoms with van der Waals surface area (Å²) in [6, 6.07) is 7.34. The van der Waals surface area contributed by atoms with Gasteiger partial charge in [0.05, 0.1) is 11.1 Å². The summed E-state index contributed by atoms with van der Waals surface area (Å²) in [5, 5.41) is 9.98. The van der Waals surface area contributed by atoms with Crippen LogP contribution in [-0.4, -0.2) is 63.1 Å². The number of amides is 3. The molecule has 42 heavy (non-hydrogen) atoms. The Morgan fingerprint density at radius 2 is 1.60 bits per heavy atom. The van der Waals surface area contributed by atoms with Crippen LogP contribution in [0.2, 0.25) is 0 Å². The zero-order chi connectivity index (χ0) is 31.6. The van der Waals surface area contributed by atoms with Gasteiger partial charge in [0, 0.05) is 61.8 Å². The van der Waals surface area contributed by atoms with Crippen molar-refractivity contribution < 1.29 is 45.8 Å². The lowest BCUT2D eigenvalue weighted by atomic mass is 9.98. The van der Waals surface area contributed by atoms with Gasteiger partial charge in [-0.15, -0.1) is 0 Å². The van der Waals surface area contributed by atoms with E-state index < -0.39 is 47.0 Å². The van der Waals surface area contributed by atoms with Crippen LogP contribution in [0.1, 0.15) is 46.8 Å². The minimum Gasteiger partial charge on any atom is -0.481 e.